The van der Waals surface area contributed by atoms with Crippen molar-refractivity contribution in [3.63, 3.8) is 0 Å². The fraction of sp³-hybridized carbons (Fsp3) is 0.0625. The van der Waals surface area contributed by atoms with E-state index in [1.165, 1.54) is 0 Å². The van der Waals surface area contributed by atoms with E-state index in [-0.39, 0.29) is 11.7 Å². The van der Waals surface area contributed by atoms with E-state index in [1.54, 1.807) is 37.3 Å². The molecule has 3 heteroatoms. The van der Waals surface area contributed by atoms with E-state index in [0.29, 0.717) is 22.1 Å². The van der Waals surface area contributed by atoms with Crippen LogP contribution in [-0.2, 0) is 4.79 Å². The second-order valence-corrected chi connectivity index (χ2v) is 4.47. The summed E-state index contributed by atoms with van der Waals surface area (Å²) in [7, 11) is 0. The highest BCUT2D eigenvalue weighted by Crippen LogP contribution is 2.08. The highest BCUT2D eigenvalue weighted by atomic mass is 16.1. The second kappa shape index (κ2) is 4.28. The predicted octanol–water partition coefficient (Wildman–Crippen LogP) is 1.25. The third-order valence-electron chi connectivity index (χ3n) is 3.24. The van der Waals surface area contributed by atoms with Crippen molar-refractivity contribution in [1.82, 2.24) is 0 Å². The smallest absolute Gasteiger partial charge is 0.273 e. The Morgan fingerprint density at radius 2 is 1.74 bits per heavy atom. The first kappa shape index (κ1) is 11.5. The lowest BCUT2D eigenvalue weighted by Gasteiger charge is -2.00. The van der Waals surface area contributed by atoms with Crippen molar-refractivity contribution in [3.8, 4) is 0 Å². The minimum absolute atomic E-state index is 0.0458. The highest BCUT2D eigenvalue weighted by Gasteiger charge is 2.14. The summed E-state index contributed by atoms with van der Waals surface area (Å²) in [4.78, 5) is 27.7. The van der Waals surface area contributed by atoms with E-state index in [2.05, 4.69) is 4.99 Å². The summed E-state index contributed by atoms with van der Waals surface area (Å²) in [5.41, 5.74) is 1.81. The first-order valence-electron chi connectivity index (χ1n) is 6.00. The summed E-state index contributed by atoms with van der Waals surface area (Å²) in [6.45, 7) is 1.73. The summed E-state index contributed by atoms with van der Waals surface area (Å²) in [6.07, 6.45) is 0. The third kappa shape index (κ3) is 1.89. The van der Waals surface area contributed by atoms with Crippen LogP contribution in [0.5, 0.6) is 0 Å². The number of benzene rings is 2. The Labute approximate surface area is 109 Å². The maximum atomic E-state index is 12.3. The van der Waals surface area contributed by atoms with Crippen LogP contribution in [-0.4, -0.2) is 11.7 Å². The number of fused-ring (bicyclic) bond motifs is 1. The number of ketones is 1. The molecular weight excluding hydrogens is 238 g/mol. The molecule has 1 aliphatic heterocycles. The molecule has 0 fully saturated rings. The molecule has 0 N–H and O–H groups in total. The van der Waals surface area contributed by atoms with Gasteiger partial charge in [-0.2, -0.15) is 0 Å². The van der Waals surface area contributed by atoms with Gasteiger partial charge in [0.25, 0.3) is 5.91 Å². The summed E-state index contributed by atoms with van der Waals surface area (Å²) < 4.78 is 0. The molecule has 3 nitrogen and oxygen atoms in total. The van der Waals surface area contributed by atoms with E-state index >= 15 is 0 Å². The van der Waals surface area contributed by atoms with Crippen molar-refractivity contribution in [1.29, 1.82) is 0 Å². The number of nitrogens with zero attached hydrogens (tertiary/aromatic N) is 1. The topological polar surface area (TPSA) is 46.5 Å². The van der Waals surface area contributed by atoms with E-state index in [4.69, 9.17) is 0 Å². The highest BCUT2D eigenvalue weighted by molar-refractivity contribution is 6.15. The van der Waals surface area contributed by atoms with Crippen LogP contribution >= 0.6 is 0 Å². The number of carbonyl (C=O) groups is 2. The Balaban J connectivity index is 2.14. The van der Waals surface area contributed by atoms with Crippen molar-refractivity contribution in [2.75, 3.05) is 0 Å². The lowest BCUT2D eigenvalue weighted by molar-refractivity contribution is -0.112. The van der Waals surface area contributed by atoms with Crippen LogP contribution < -0.4 is 10.6 Å². The lowest BCUT2D eigenvalue weighted by Crippen LogP contribution is -2.24. The van der Waals surface area contributed by atoms with Crippen LogP contribution in [0.15, 0.2) is 53.5 Å². The molecule has 0 bridgehead atoms. The Hall–Kier alpha value is -2.55. The molecule has 1 heterocycles. The van der Waals surface area contributed by atoms with Gasteiger partial charge in [0.05, 0.1) is 5.36 Å². The Morgan fingerprint density at radius 3 is 2.47 bits per heavy atom. The van der Waals surface area contributed by atoms with Gasteiger partial charge in [0.15, 0.2) is 5.78 Å². The molecule has 0 saturated heterocycles. The molecule has 92 valence electrons. The monoisotopic (exact) mass is 249 g/mol. The van der Waals surface area contributed by atoms with Gasteiger partial charge in [-0.25, -0.2) is 4.99 Å². The van der Waals surface area contributed by atoms with Crippen LogP contribution in [0.25, 0.3) is 5.57 Å². The largest absolute Gasteiger partial charge is 0.289 e. The zero-order valence-corrected chi connectivity index (χ0v) is 10.4. The van der Waals surface area contributed by atoms with E-state index in [9.17, 15) is 9.59 Å². The van der Waals surface area contributed by atoms with Crippen molar-refractivity contribution in [3.05, 3.63) is 70.2 Å². The van der Waals surface area contributed by atoms with Gasteiger partial charge in [-0.3, -0.25) is 9.59 Å². The normalized spacial score (nSPS) is 13.1. The van der Waals surface area contributed by atoms with E-state index in [0.717, 1.165) is 5.22 Å². The molecule has 0 radical (unpaired) electrons. The average molecular weight is 249 g/mol. The van der Waals surface area contributed by atoms with E-state index in [1.807, 2.05) is 18.2 Å². The predicted molar refractivity (Wildman–Crippen MR) is 71.2 cm³/mol. The van der Waals surface area contributed by atoms with E-state index < -0.39 is 0 Å². The second-order valence-electron chi connectivity index (χ2n) is 4.47. The fourth-order valence-electron chi connectivity index (χ4n) is 2.14. The maximum absolute atomic E-state index is 12.3. The Kier molecular flexibility index (Phi) is 2.60. The zero-order chi connectivity index (χ0) is 13.4. The molecule has 0 spiro atoms. The molecule has 1 amide bonds. The first-order chi connectivity index (χ1) is 9.16. The SMILES string of the molecule is CC1=c2cc(C(=O)c3ccccc3)ccc2=NC1=O. The van der Waals surface area contributed by atoms with Gasteiger partial charge in [-0.1, -0.05) is 30.3 Å². The summed E-state index contributed by atoms with van der Waals surface area (Å²) in [5, 5.41) is 1.40. The molecule has 0 unspecified atom stereocenters. The first-order valence-corrected chi connectivity index (χ1v) is 6.00. The minimum atomic E-state index is -0.223. The Bertz CT molecular complexity index is 804. The molecule has 19 heavy (non-hydrogen) atoms. The van der Waals surface area contributed by atoms with Gasteiger partial charge in [-0.05, 0) is 25.1 Å². The van der Waals surface area contributed by atoms with Crippen molar-refractivity contribution < 1.29 is 9.59 Å². The molecular formula is C16H11NO2. The van der Waals surface area contributed by atoms with Gasteiger partial charge in [0.2, 0.25) is 0 Å². The zero-order valence-electron chi connectivity index (χ0n) is 10.4. The quantitative estimate of drug-likeness (QED) is 0.752. The minimum Gasteiger partial charge on any atom is -0.289 e. The van der Waals surface area contributed by atoms with Crippen molar-refractivity contribution >= 4 is 17.3 Å². The van der Waals surface area contributed by atoms with Gasteiger partial charge in [0, 0.05) is 21.9 Å². The van der Waals surface area contributed by atoms with Crippen LogP contribution in [0.3, 0.4) is 0 Å². The fourth-order valence-corrected chi connectivity index (χ4v) is 2.14. The summed E-state index contributed by atoms with van der Waals surface area (Å²) >= 11 is 0. The number of amides is 1. The number of carbonyl (C=O) groups excluding carboxylic acids is 2. The molecule has 0 saturated carbocycles. The summed E-state index contributed by atoms with van der Waals surface area (Å²) in [5.74, 6) is -0.269. The van der Waals surface area contributed by atoms with Gasteiger partial charge >= 0.3 is 0 Å². The molecule has 0 aliphatic carbocycles. The Morgan fingerprint density at radius 1 is 1.00 bits per heavy atom. The number of hydrogen-bond donors (Lipinski definition) is 0. The third-order valence-corrected chi connectivity index (χ3v) is 3.24. The molecule has 2 aromatic rings. The molecule has 2 aromatic carbocycles. The van der Waals surface area contributed by atoms with Crippen molar-refractivity contribution in [2.45, 2.75) is 6.92 Å². The van der Waals surface area contributed by atoms with Gasteiger partial charge in [-0.15, -0.1) is 0 Å². The molecule has 3 rings (SSSR count). The van der Waals surface area contributed by atoms with Crippen molar-refractivity contribution in [2.24, 2.45) is 4.99 Å². The average Bonchev–Trinajstić information content (AvgIpc) is 2.74. The maximum Gasteiger partial charge on any atom is 0.273 e. The van der Waals surface area contributed by atoms with Gasteiger partial charge in [0.1, 0.15) is 0 Å². The molecule has 1 aliphatic rings. The number of rotatable bonds is 2. The van der Waals surface area contributed by atoms with Crippen LogP contribution in [0, 0.1) is 0 Å². The summed E-state index contributed by atoms with van der Waals surface area (Å²) in [6, 6.07) is 14.3. The lowest BCUT2D eigenvalue weighted by atomic mass is 10.0. The standard InChI is InChI=1S/C16H11NO2/c1-10-13-9-12(7-8-14(13)17-16(10)19)15(18)11-5-3-2-4-6-11/h2-9H,1H3. The van der Waals surface area contributed by atoms with Gasteiger partial charge < -0.3 is 0 Å². The van der Waals surface area contributed by atoms with Crippen LogP contribution in [0.2, 0.25) is 0 Å². The number of hydrogen-bond acceptors (Lipinski definition) is 2. The van der Waals surface area contributed by atoms with Crippen LogP contribution in [0.4, 0.5) is 0 Å². The molecule has 0 atom stereocenters. The molecule has 0 aromatic heterocycles. The van der Waals surface area contributed by atoms with Crippen LogP contribution in [0.1, 0.15) is 22.8 Å².